The summed E-state index contributed by atoms with van der Waals surface area (Å²) in [4.78, 5) is 0. The fraction of sp³-hybridized carbons (Fsp3) is 1.00. The minimum absolute atomic E-state index is 0.576. The molecule has 1 aliphatic rings. The Balaban J connectivity index is 2.30. The van der Waals surface area contributed by atoms with Crippen LogP contribution in [0, 0.1) is 11.3 Å². The van der Waals surface area contributed by atoms with Crippen molar-refractivity contribution in [1.82, 2.24) is 0 Å². The molecule has 0 aromatic heterocycles. The molecule has 0 saturated heterocycles. The first-order valence-electron chi connectivity index (χ1n) is 7.40. The van der Waals surface area contributed by atoms with Crippen molar-refractivity contribution in [3.63, 3.8) is 0 Å². The Morgan fingerprint density at radius 1 is 1.12 bits per heavy atom. The zero-order valence-electron chi connectivity index (χ0n) is 11.6. The van der Waals surface area contributed by atoms with Gasteiger partial charge in [0, 0.05) is 5.33 Å². The molecule has 0 aromatic rings. The zero-order chi connectivity index (χ0) is 12.6. The average Bonchev–Trinajstić information content (AvgIpc) is 2.82. The third-order valence-corrected chi connectivity index (χ3v) is 6.79. The summed E-state index contributed by atoms with van der Waals surface area (Å²) in [6, 6.07) is 0. The second-order valence-electron chi connectivity index (χ2n) is 5.80. The van der Waals surface area contributed by atoms with Gasteiger partial charge in [-0.15, -0.1) is 0 Å². The van der Waals surface area contributed by atoms with Crippen molar-refractivity contribution in [3.8, 4) is 0 Å². The van der Waals surface area contributed by atoms with Gasteiger partial charge >= 0.3 is 0 Å². The fourth-order valence-corrected chi connectivity index (χ4v) is 5.75. The van der Waals surface area contributed by atoms with Crippen LogP contribution in [0.2, 0.25) is 0 Å². The summed E-state index contributed by atoms with van der Waals surface area (Å²) >= 11 is 6.01. The van der Waals surface area contributed by atoms with Gasteiger partial charge in [-0.2, -0.15) is 11.8 Å². The Bertz CT molecular complexity index is 181. The van der Waals surface area contributed by atoms with Crippen LogP contribution in [0.1, 0.15) is 65.2 Å². The molecule has 2 heteroatoms. The topological polar surface area (TPSA) is 0 Å². The summed E-state index contributed by atoms with van der Waals surface area (Å²) in [5.41, 5.74) is 0.576. The van der Waals surface area contributed by atoms with E-state index in [0.717, 1.165) is 5.92 Å². The monoisotopic (exact) mass is 320 g/mol. The molecule has 0 heterocycles. The van der Waals surface area contributed by atoms with Gasteiger partial charge in [0.2, 0.25) is 0 Å². The van der Waals surface area contributed by atoms with E-state index in [1.807, 2.05) is 0 Å². The minimum Gasteiger partial charge on any atom is -0.161 e. The van der Waals surface area contributed by atoms with Crippen molar-refractivity contribution >= 4 is 27.7 Å². The van der Waals surface area contributed by atoms with Gasteiger partial charge in [0.1, 0.15) is 0 Å². The highest BCUT2D eigenvalue weighted by atomic mass is 79.9. The lowest BCUT2D eigenvalue weighted by atomic mass is 9.83. The van der Waals surface area contributed by atoms with Crippen LogP contribution >= 0.6 is 27.7 Å². The van der Waals surface area contributed by atoms with Crippen molar-refractivity contribution in [3.05, 3.63) is 0 Å². The smallest absolute Gasteiger partial charge is 0.00958 e. The van der Waals surface area contributed by atoms with E-state index in [2.05, 4.69) is 41.5 Å². The Kier molecular flexibility index (Phi) is 8.27. The third kappa shape index (κ3) is 5.55. The summed E-state index contributed by atoms with van der Waals surface area (Å²) in [6.07, 6.45) is 11.4. The summed E-state index contributed by atoms with van der Waals surface area (Å²) in [7, 11) is 0. The van der Waals surface area contributed by atoms with E-state index in [1.165, 1.54) is 68.2 Å². The van der Waals surface area contributed by atoms with Crippen molar-refractivity contribution in [2.45, 2.75) is 65.2 Å². The predicted octanol–water partition coefficient (Wildman–Crippen LogP) is 5.89. The molecule has 0 aliphatic heterocycles. The van der Waals surface area contributed by atoms with Crippen LogP contribution in [0.15, 0.2) is 0 Å². The Morgan fingerprint density at radius 3 is 2.18 bits per heavy atom. The second-order valence-corrected chi connectivity index (χ2v) is 7.39. The minimum atomic E-state index is 0.576. The highest BCUT2D eigenvalue weighted by Crippen LogP contribution is 2.37. The van der Waals surface area contributed by atoms with Crippen LogP contribution in [-0.4, -0.2) is 16.8 Å². The highest BCUT2D eigenvalue weighted by molar-refractivity contribution is 9.09. The lowest BCUT2D eigenvalue weighted by Crippen LogP contribution is -2.26. The van der Waals surface area contributed by atoms with Crippen LogP contribution in [0.25, 0.3) is 0 Å². The van der Waals surface area contributed by atoms with E-state index in [1.54, 1.807) is 0 Å². The quantitative estimate of drug-likeness (QED) is 0.477. The molecule has 0 N–H and O–H groups in total. The largest absolute Gasteiger partial charge is 0.161 e. The van der Waals surface area contributed by atoms with Gasteiger partial charge < -0.3 is 0 Å². The fourth-order valence-electron chi connectivity index (χ4n) is 3.12. The zero-order valence-corrected chi connectivity index (χ0v) is 14.0. The summed E-state index contributed by atoms with van der Waals surface area (Å²) in [5.74, 6) is 3.83. The lowest BCUT2D eigenvalue weighted by molar-refractivity contribution is 0.320. The molecular formula is C15H29BrS. The molecule has 0 spiro atoms. The number of rotatable bonds is 9. The second kappa shape index (κ2) is 8.85. The maximum atomic E-state index is 3.78. The van der Waals surface area contributed by atoms with E-state index < -0.39 is 0 Å². The predicted molar refractivity (Wildman–Crippen MR) is 85.3 cm³/mol. The maximum Gasteiger partial charge on any atom is 0.00958 e. The van der Waals surface area contributed by atoms with Crippen molar-refractivity contribution < 1.29 is 0 Å². The number of halogens is 1. The van der Waals surface area contributed by atoms with Gasteiger partial charge in [-0.05, 0) is 48.5 Å². The Hall–Kier alpha value is 0.830. The third-order valence-electron chi connectivity index (χ3n) is 4.08. The van der Waals surface area contributed by atoms with E-state index >= 15 is 0 Å². The molecule has 1 aliphatic carbocycles. The summed E-state index contributed by atoms with van der Waals surface area (Å²) < 4.78 is 0. The molecule has 0 nitrogen and oxygen atoms in total. The standard InChI is InChI=1S/C15H29BrS/c1-3-9-15(12-16,10-4-2)13-17-11-14-7-5-6-8-14/h14H,3-13H2,1-2H3. The molecule has 0 amide bonds. The van der Waals surface area contributed by atoms with Gasteiger partial charge in [-0.1, -0.05) is 55.5 Å². The van der Waals surface area contributed by atoms with Gasteiger partial charge in [0.05, 0.1) is 0 Å². The SMILES string of the molecule is CCCC(CBr)(CCC)CSCC1CCCC1. The number of thioether (sulfide) groups is 1. The van der Waals surface area contributed by atoms with Crippen molar-refractivity contribution in [1.29, 1.82) is 0 Å². The van der Waals surface area contributed by atoms with Crippen LogP contribution in [0.3, 0.4) is 0 Å². The molecule has 0 bridgehead atoms. The van der Waals surface area contributed by atoms with Gasteiger partial charge in [0.15, 0.2) is 0 Å². The summed E-state index contributed by atoms with van der Waals surface area (Å²) in [5, 5.41) is 1.19. The highest BCUT2D eigenvalue weighted by Gasteiger charge is 2.27. The maximum absolute atomic E-state index is 3.78. The molecule has 0 unspecified atom stereocenters. The van der Waals surface area contributed by atoms with Crippen molar-refractivity contribution in [2.24, 2.45) is 11.3 Å². The molecule has 17 heavy (non-hydrogen) atoms. The molecule has 1 fully saturated rings. The van der Waals surface area contributed by atoms with Gasteiger partial charge in [0.25, 0.3) is 0 Å². The van der Waals surface area contributed by atoms with Gasteiger partial charge in [-0.3, -0.25) is 0 Å². The van der Waals surface area contributed by atoms with E-state index in [-0.39, 0.29) is 0 Å². The molecule has 0 radical (unpaired) electrons. The molecular weight excluding hydrogens is 292 g/mol. The van der Waals surface area contributed by atoms with E-state index in [0.29, 0.717) is 5.41 Å². The normalized spacial score (nSPS) is 17.8. The molecule has 1 saturated carbocycles. The van der Waals surface area contributed by atoms with Crippen LogP contribution < -0.4 is 0 Å². The van der Waals surface area contributed by atoms with Crippen LogP contribution in [0.4, 0.5) is 0 Å². The van der Waals surface area contributed by atoms with Gasteiger partial charge in [-0.25, -0.2) is 0 Å². The first kappa shape index (κ1) is 15.9. The molecule has 0 atom stereocenters. The first-order chi connectivity index (χ1) is 8.26. The average molecular weight is 321 g/mol. The van der Waals surface area contributed by atoms with E-state index in [4.69, 9.17) is 0 Å². The van der Waals surface area contributed by atoms with Crippen molar-refractivity contribution in [2.75, 3.05) is 16.8 Å². The summed E-state index contributed by atoms with van der Waals surface area (Å²) in [6.45, 7) is 4.66. The van der Waals surface area contributed by atoms with E-state index in [9.17, 15) is 0 Å². The first-order valence-corrected chi connectivity index (χ1v) is 9.67. The molecule has 1 rings (SSSR count). The number of hydrogen-bond acceptors (Lipinski definition) is 1. The Labute approximate surface area is 121 Å². The Morgan fingerprint density at radius 2 is 1.71 bits per heavy atom. The molecule has 102 valence electrons. The lowest BCUT2D eigenvalue weighted by Gasteiger charge is -2.31. The number of hydrogen-bond donors (Lipinski definition) is 0. The number of alkyl halides is 1. The molecule has 0 aromatic carbocycles. The van der Waals surface area contributed by atoms with Crippen LogP contribution in [0.5, 0.6) is 0 Å². The van der Waals surface area contributed by atoms with Crippen LogP contribution in [-0.2, 0) is 0 Å².